The number of sulfonamides is 1. The normalized spacial score (nSPS) is 11.4. The maximum atomic E-state index is 12.6. The molecule has 8 nitrogen and oxygen atoms in total. The van der Waals surface area contributed by atoms with Gasteiger partial charge in [0.1, 0.15) is 0 Å². The lowest BCUT2D eigenvalue weighted by atomic mass is 10.1. The predicted octanol–water partition coefficient (Wildman–Crippen LogP) is 1.59. The molecule has 0 aliphatic rings. The Labute approximate surface area is 142 Å². The minimum Gasteiger partial charge on any atom is -0.408 e. The Balaban J connectivity index is 2.03. The van der Waals surface area contributed by atoms with E-state index < -0.39 is 21.7 Å². The fraction of sp³-hybridized carbons (Fsp3) is 0.125. The number of H-pyrrole nitrogens is 1. The number of carbonyl (C=O) groups is 1. The zero-order valence-corrected chi connectivity index (χ0v) is 14.2. The summed E-state index contributed by atoms with van der Waals surface area (Å²) in [7, 11) is -2.52. The van der Waals surface area contributed by atoms with Crippen molar-refractivity contribution in [2.24, 2.45) is 0 Å². The summed E-state index contributed by atoms with van der Waals surface area (Å²) < 4.78 is 32.5. The number of rotatable bonds is 4. The topological polar surface area (TPSA) is 121 Å². The molecule has 9 heteroatoms. The highest BCUT2D eigenvalue weighted by Crippen LogP contribution is 2.23. The molecule has 2 aromatic carbocycles. The maximum absolute atomic E-state index is 12.6. The van der Waals surface area contributed by atoms with Crippen LogP contribution in [0.5, 0.6) is 0 Å². The van der Waals surface area contributed by atoms with Gasteiger partial charge in [0.25, 0.3) is 15.9 Å². The van der Waals surface area contributed by atoms with Crippen molar-refractivity contribution < 1.29 is 17.6 Å². The zero-order valence-electron chi connectivity index (χ0n) is 13.4. The van der Waals surface area contributed by atoms with Gasteiger partial charge in [0.05, 0.1) is 21.7 Å². The highest BCUT2D eigenvalue weighted by atomic mass is 32.2. The fourth-order valence-corrected chi connectivity index (χ4v) is 3.46. The molecule has 0 saturated heterocycles. The van der Waals surface area contributed by atoms with Gasteiger partial charge < -0.3 is 9.73 Å². The van der Waals surface area contributed by atoms with E-state index >= 15 is 0 Å². The number of aromatic nitrogens is 1. The van der Waals surface area contributed by atoms with E-state index in [1.807, 2.05) is 0 Å². The molecule has 0 aliphatic heterocycles. The van der Waals surface area contributed by atoms with E-state index in [0.717, 1.165) is 5.56 Å². The second-order valence-electron chi connectivity index (χ2n) is 5.41. The number of carbonyl (C=O) groups excluding carboxylic acids is 1. The van der Waals surface area contributed by atoms with Gasteiger partial charge >= 0.3 is 5.76 Å². The molecule has 25 heavy (non-hydrogen) atoms. The Bertz CT molecular complexity index is 1130. The van der Waals surface area contributed by atoms with Crippen LogP contribution in [0.4, 0.5) is 5.69 Å². The van der Waals surface area contributed by atoms with Gasteiger partial charge in [0.2, 0.25) is 0 Å². The van der Waals surface area contributed by atoms with Crippen molar-refractivity contribution in [3.8, 4) is 0 Å². The first kappa shape index (κ1) is 16.8. The second kappa shape index (κ2) is 6.10. The Morgan fingerprint density at radius 1 is 1.16 bits per heavy atom. The number of aryl methyl sites for hydroxylation is 1. The summed E-state index contributed by atoms with van der Waals surface area (Å²) in [6, 6.07) is 8.81. The lowest BCUT2D eigenvalue weighted by molar-refractivity contribution is 0.0964. The van der Waals surface area contributed by atoms with Crippen LogP contribution in [-0.2, 0) is 10.0 Å². The molecule has 0 saturated carbocycles. The number of fused-ring (bicyclic) bond motifs is 1. The van der Waals surface area contributed by atoms with Gasteiger partial charge in [-0.25, -0.2) is 13.2 Å². The quantitative estimate of drug-likeness (QED) is 0.651. The highest BCUT2D eigenvalue weighted by Gasteiger charge is 2.19. The fourth-order valence-electron chi connectivity index (χ4n) is 2.37. The van der Waals surface area contributed by atoms with E-state index in [1.54, 1.807) is 19.1 Å². The highest BCUT2D eigenvalue weighted by molar-refractivity contribution is 7.92. The molecule has 0 radical (unpaired) electrons. The minimum absolute atomic E-state index is 0.0915. The number of anilines is 1. The number of aromatic amines is 1. The first-order chi connectivity index (χ1) is 11.8. The SMILES string of the molecule is CNC(=O)c1cc(C)ccc1NS(=O)(=O)c1ccc2[nH]c(=O)oc2c1. The number of oxazole rings is 1. The van der Waals surface area contributed by atoms with E-state index in [2.05, 4.69) is 15.0 Å². The summed E-state index contributed by atoms with van der Waals surface area (Å²) >= 11 is 0. The molecule has 0 bridgehead atoms. The lowest BCUT2D eigenvalue weighted by Crippen LogP contribution is -2.22. The van der Waals surface area contributed by atoms with Crippen LogP contribution in [0.3, 0.4) is 0 Å². The van der Waals surface area contributed by atoms with E-state index in [0.29, 0.717) is 5.52 Å². The maximum Gasteiger partial charge on any atom is 0.417 e. The van der Waals surface area contributed by atoms with Crippen LogP contribution in [0.2, 0.25) is 0 Å². The molecule has 1 amide bonds. The largest absolute Gasteiger partial charge is 0.417 e. The molecule has 0 atom stereocenters. The molecule has 3 N–H and O–H groups in total. The predicted molar refractivity (Wildman–Crippen MR) is 92.2 cm³/mol. The summed E-state index contributed by atoms with van der Waals surface area (Å²) in [5.74, 6) is -1.08. The van der Waals surface area contributed by atoms with Gasteiger partial charge in [-0.1, -0.05) is 11.6 Å². The van der Waals surface area contributed by atoms with Gasteiger partial charge in [-0.2, -0.15) is 0 Å². The Morgan fingerprint density at radius 3 is 2.64 bits per heavy atom. The standard InChI is InChI=1S/C16H15N3O5S/c1-9-3-5-12(11(7-9)15(20)17-2)19-25(22,23)10-4-6-13-14(8-10)24-16(21)18-13/h3-8,19H,1-2H3,(H,17,20)(H,18,21). The molecule has 0 spiro atoms. The molecule has 130 valence electrons. The summed E-state index contributed by atoms with van der Waals surface area (Å²) in [5, 5.41) is 2.47. The van der Waals surface area contributed by atoms with Crippen LogP contribution < -0.4 is 15.8 Å². The summed E-state index contributed by atoms with van der Waals surface area (Å²) in [6.45, 7) is 1.80. The molecule has 0 unspecified atom stereocenters. The molecule has 1 aromatic heterocycles. The van der Waals surface area contributed by atoms with E-state index in [1.165, 1.54) is 31.3 Å². The molecule has 0 fully saturated rings. The van der Waals surface area contributed by atoms with Crippen LogP contribution in [0.25, 0.3) is 11.1 Å². The van der Waals surface area contributed by atoms with Crippen LogP contribution in [-0.4, -0.2) is 26.4 Å². The monoisotopic (exact) mass is 361 g/mol. The average molecular weight is 361 g/mol. The third kappa shape index (κ3) is 3.26. The van der Waals surface area contributed by atoms with Crippen molar-refractivity contribution in [2.75, 3.05) is 11.8 Å². The van der Waals surface area contributed by atoms with Crippen molar-refractivity contribution in [3.05, 3.63) is 58.1 Å². The van der Waals surface area contributed by atoms with Gasteiger partial charge in [0, 0.05) is 13.1 Å². The summed E-state index contributed by atoms with van der Waals surface area (Å²) in [5.41, 5.74) is 1.70. The number of nitrogens with one attached hydrogen (secondary N) is 3. The van der Waals surface area contributed by atoms with Crippen LogP contribution >= 0.6 is 0 Å². The van der Waals surface area contributed by atoms with Gasteiger partial charge in [0.15, 0.2) is 5.58 Å². The van der Waals surface area contributed by atoms with E-state index in [9.17, 15) is 18.0 Å². The van der Waals surface area contributed by atoms with Gasteiger partial charge in [-0.05, 0) is 31.2 Å². The van der Waals surface area contributed by atoms with Gasteiger partial charge in [-0.3, -0.25) is 14.5 Å². The van der Waals surface area contributed by atoms with Crippen molar-refractivity contribution in [1.82, 2.24) is 10.3 Å². The van der Waals surface area contributed by atoms with E-state index in [-0.39, 0.29) is 21.7 Å². The molecular formula is C16H15N3O5S. The van der Waals surface area contributed by atoms with Crippen LogP contribution in [0, 0.1) is 6.92 Å². The smallest absolute Gasteiger partial charge is 0.408 e. The Hall–Kier alpha value is -3.07. The lowest BCUT2D eigenvalue weighted by Gasteiger charge is -2.12. The number of hydrogen-bond donors (Lipinski definition) is 3. The zero-order chi connectivity index (χ0) is 18.2. The average Bonchev–Trinajstić information content (AvgIpc) is 2.94. The third-order valence-electron chi connectivity index (χ3n) is 3.59. The van der Waals surface area contributed by atoms with Crippen molar-refractivity contribution in [2.45, 2.75) is 11.8 Å². The minimum atomic E-state index is -3.98. The molecule has 1 heterocycles. The number of benzene rings is 2. The van der Waals surface area contributed by atoms with E-state index in [4.69, 9.17) is 4.42 Å². The summed E-state index contributed by atoms with van der Waals surface area (Å²) in [6.07, 6.45) is 0. The Kier molecular flexibility index (Phi) is 4.09. The first-order valence-corrected chi connectivity index (χ1v) is 8.77. The third-order valence-corrected chi connectivity index (χ3v) is 4.96. The summed E-state index contributed by atoms with van der Waals surface area (Å²) in [4.78, 5) is 25.5. The first-order valence-electron chi connectivity index (χ1n) is 7.28. The van der Waals surface area contributed by atoms with Crippen molar-refractivity contribution >= 4 is 32.7 Å². The van der Waals surface area contributed by atoms with Crippen LogP contribution in [0.15, 0.2) is 50.5 Å². The number of hydrogen-bond acceptors (Lipinski definition) is 5. The molecule has 0 aliphatic carbocycles. The van der Waals surface area contributed by atoms with Crippen molar-refractivity contribution in [1.29, 1.82) is 0 Å². The van der Waals surface area contributed by atoms with Crippen molar-refractivity contribution in [3.63, 3.8) is 0 Å². The molecular weight excluding hydrogens is 346 g/mol. The second-order valence-corrected chi connectivity index (χ2v) is 7.09. The van der Waals surface area contributed by atoms with Crippen LogP contribution in [0.1, 0.15) is 15.9 Å². The number of amides is 1. The Morgan fingerprint density at radius 2 is 1.92 bits per heavy atom. The molecule has 3 aromatic rings. The molecule has 3 rings (SSSR count). The van der Waals surface area contributed by atoms with Gasteiger partial charge in [-0.15, -0.1) is 0 Å².